The molecule has 1 fully saturated rings. The number of aldehydes is 1. The highest BCUT2D eigenvalue weighted by atomic mass is 16.5. The fourth-order valence-corrected chi connectivity index (χ4v) is 1.77. The van der Waals surface area contributed by atoms with E-state index in [4.69, 9.17) is 4.74 Å². The van der Waals surface area contributed by atoms with E-state index in [1.165, 1.54) is 12.8 Å². The van der Waals surface area contributed by atoms with Gasteiger partial charge in [0, 0.05) is 5.92 Å². The van der Waals surface area contributed by atoms with Crippen LogP contribution in [0, 0.1) is 5.92 Å². The maximum Gasteiger partial charge on any atom is 0.127 e. The normalized spacial score (nSPS) is 17.5. The Bertz CT molecular complexity index is 329. The zero-order chi connectivity index (χ0) is 9.97. The van der Waals surface area contributed by atoms with Gasteiger partial charge in [-0.25, -0.2) is 0 Å². The van der Waals surface area contributed by atoms with Gasteiger partial charge in [0.15, 0.2) is 0 Å². The number of hydrogen-bond acceptors (Lipinski definition) is 2. The molecule has 0 aromatic heterocycles. The van der Waals surface area contributed by atoms with Crippen molar-refractivity contribution in [1.82, 2.24) is 0 Å². The van der Waals surface area contributed by atoms with Crippen LogP contribution in [0.1, 0.15) is 24.3 Å². The highest BCUT2D eigenvalue weighted by Gasteiger charge is 2.31. The first-order valence-corrected chi connectivity index (χ1v) is 4.94. The van der Waals surface area contributed by atoms with Gasteiger partial charge < -0.3 is 9.53 Å². The molecule has 0 bridgehead atoms. The Balaban J connectivity index is 2.24. The summed E-state index contributed by atoms with van der Waals surface area (Å²) in [5, 5.41) is 0. The second-order valence-corrected chi connectivity index (χ2v) is 3.78. The third-order valence-electron chi connectivity index (χ3n) is 2.76. The summed E-state index contributed by atoms with van der Waals surface area (Å²) in [4.78, 5) is 10.9. The van der Waals surface area contributed by atoms with E-state index in [-0.39, 0.29) is 5.92 Å². The minimum absolute atomic E-state index is 0.0742. The first-order valence-electron chi connectivity index (χ1n) is 4.94. The molecule has 0 saturated heterocycles. The molecule has 74 valence electrons. The standard InChI is InChI=1S/C12H14O2/c1-14-11-4-2-3-10(7-11)12(8-13)9-5-6-9/h2-4,7-9,12H,5-6H2,1H3. The summed E-state index contributed by atoms with van der Waals surface area (Å²) >= 11 is 0. The van der Waals surface area contributed by atoms with Crippen molar-refractivity contribution in [2.24, 2.45) is 5.92 Å². The molecule has 2 rings (SSSR count). The molecule has 2 nitrogen and oxygen atoms in total. The number of ether oxygens (including phenoxy) is 1. The third kappa shape index (κ3) is 1.79. The Morgan fingerprint density at radius 2 is 2.29 bits per heavy atom. The molecular formula is C12H14O2. The first-order chi connectivity index (χ1) is 6.85. The van der Waals surface area contributed by atoms with Crippen LogP contribution in [0.2, 0.25) is 0 Å². The molecule has 1 atom stereocenters. The lowest BCUT2D eigenvalue weighted by molar-refractivity contribution is -0.109. The fraction of sp³-hybridized carbons (Fsp3) is 0.417. The summed E-state index contributed by atoms with van der Waals surface area (Å²) in [6, 6.07) is 7.79. The van der Waals surface area contributed by atoms with E-state index in [0.717, 1.165) is 17.6 Å². The van der Waals surface area contributed by atoms with Gasteiger partial charge >= 0.3 is 0 Å². The van der Waals surface area contributed by atoms with Gasteiger partial charge in [-0.2, -0.15) is 0 Å². The summed E-state index contributed by atoms with van der Waals surface area (Å²) in [6.07, 6.45) is 3.42. The molecule has 1 aromatic rings. The number of benzene rings is 1. The molecule has 1 unspecified atom stereocenters. The van der Waals surface area contributed by atoms with Crippen molar-refractivity contribution in [2.75, 3.05) is 7.11 Å². The van der Waals surface area contributed by atoms with Crippen LogP contribution >= 0.6 is 0 Å². The van der Waals surface area contributed by atoms with E-state index in [2.05, 4.69) is 0 Å². The van der Waals surface area contributed by atoms with E-state index in [1.807, 2.05) is 24.3 Å². The summed E-state index contributed by atoms with van der Waals surface area (Å²) < 4.78 is 5.13. The van der Waals surface area contributed by atoms with E-state index < -0.39 is 0 Å². The van der Waals surface area contributed by atoms with Gasteiger partial charge in [0.25, 0.3) is 0 Å². The smallest absolute Gasteiger partial charge is 0.127 e. The predicted molar refractivity (Wildman–Crippen MR) is 54.5 cm³/mol. The van der Waals surface area contributed by atoms with Crippen molar-refractivity contribution in [3.8, 4) is 5.75 Å². The van der Waals surface area contributed by atoms with E-state index in [0.29, 0.717) is 5.92 Å². The maximum absolute atomic E-state index is 10.9. The zero-order valence-electron chi connectivity index (χ0n) is 8.27. The van der Waals surface area contributed by atoms with Crippen LogP contribution in [0.5, 0.6) is 5.75 Å². The Labute approximate surface area is 83.9 Å². The second-order valence-electron chi connectivity index (χ2n) is 3.78. The third-order valence-corrected chi connectivity index (χ3v) is 2.76. The first kappa shape index (κ1) is 9.25. The number of methoxy groups -OCH3 is 1. The fourth-order valence-electron chi connectivity index (χ4n) is 1.77. The van der Waals surface area contributed by atoms with Crippen molar-refractivity contribution in [1.29, 1.82) is 0 Å². The molecule has 1 saturated carbocycles. The van der Waals surface area contributed by atoms with Gasteiger partial charge in [-0.3, -0.25) is 0 Å². The molecule has 1 aliphatic rings. The van der Waals surface area contributed by atoms with Crippen LogP contribution in [0.3, 0.4) is 0 Å². The monoisotopic (exact) mass is 190 g/mol. The summed E-state index contributed by atoms with van der Waals surface area (Å²) in [5.74, 6) is 1.47. The highest BCUT2D eigenvalue weighted by Crippen LogP contribution is 2.41. The van der Waals surface area contributed by atoms with Crippen LogP contribution in [0.15, 0.2) is 24.3 Å². The summed E-state index contributed by atoms with van der Waals surface area (Å²) in [5.41, 5.74) is 1.09. The minimum atomic E-state index is 0.0742. The molecular weight excluding hydrogens is 176 g/mol. The molecule has 0 aliphatic heterocycles. The lowest BCUT2D eigenvalue weighted by Gasteiger charge is -2.10. The Kier molecular flexibility index (Phi) is 2.53. The van der Waals surface area contributed by atoms with E-state index in [1.54, 1.807) is 7.11 Å². The van der Waals surface area contributed by atoms with Gasteiger partial charge in [-0.1, -0.05) is 12.1 Å². The maximum atomic E-state index is 10.9. The quantitative estimate of drug-likeness (QED) is 0.681. The molecule has 0 radical (unpaired) electrons. The van der Waals surface area contributed by atoms with Crippen LogP contribution in [0.25, 0.3) is 0 Å². The van der Waals surface area contributed by atoms with Crippen molar-refractivity contribution < 1.29 is 9.53 Å². The number of carbonyl (C=O) groups is 1. The highest BCUT2D eigenvalue weighted by molar-refractivity contribution is 5.63. The zero-order valence-corrected chi connectivity index (χ0v) is 8.27. The van der Waals surface area contributed by atoms with Crippen LogP contribution in [-0.2, 0) is 4.79 Å². The second kappa shape index (κ2) is 3.82. The number of carbonyl (C=O) groups excluding carboxylic acids is 1. The van der Waals surface area contributed by atoms with Gasteiger partial charge in [0.2, 0.25) is 0 Å². The van der Waals surface area contributed by atoms with E-state index in [9.17, 15) is 4.79 Å². The lowest BCUT2D eigenvalue weighted by atomic mass is 9.96. The number of rotatable bonds is 4. The lowest BCUT2D eigenvalue weighted by Crippen LogP contribution is -2.02. The van der Waals surface area contributed by atoms with Gasteiger partial charge in [0.1, 0.15) is 12.0 Å². The molecule has 14 heavy (non-hydrogen) atoms. The van der Waals surface area contributed by atoms with Crippen LogP contribution < -0.4 is 4.74 Å². The largest absolute Gasteiger partial charge is 0.497 e. The molecule has 0 spiro atoms. The summed E-state index contributed by atoms with van der Waals surface area (Å²) in [6.45, 7) is 0. The van der Waals surface area contributed by atoms with Crippen molar-refractivity contribution >= 4 is 6.29 Å². The Hall–Kier alpha value is -1.31. The number of hydrogen-bond donors (Lipinski definition) is 0. The van der Waals surface area contributed by atoms with Gasteiger partial charge in [-0.15, -0.1) is 0 Å². The molecule has 1 aromatic carbocycles. The van der Waals surface area contributed by atoms with Crippen LogP contribution in [-0.4, -0.2) is 13.4 Å². The topological polar surface area (TPSA) is 26.3 Å². The molecule has 0 amide bonds. The van der Waals surface area contributed by atoms with Crippen molar-refractivity contribution in [3.63, 3.8) is 0 Å². The summed E-state index contributed by atoms with van der Waals surface area (Å²) in [7, 11) is 1.64. The van der Waals surface area contributed by atoms with Crippen molar-refractivity contribution in [3.05, 3.63) is 29.8 Å². The molecule has 0 N–H and O–H groups in total. The van der Waals surface area contributed by atoms with Gasteiger partial charge in [0.05, 0.1) is 7.11 Å². The molecule has 2 heteroatoms. The molecule has 0 heterocycles. The van der Waals surface area contributed by atoms with Gasteiger partial charge in [-0.05, 0) is 36.5 Å². The van der Waals surface area contributed by atoms with Crippen molar-refractivity contribution in [2.45, 2.75) is 18.8 Å². The van der Waals surface area contributed by atoms with Crippen LogP contribution in [0.4, 0.5) is 0 Å². The SMILES string of the molecule is COc1cccc(C(C=O)C2CC2)c1. The predicted octanol–water partition coefficient (Wildman–Crippen LogP) is 2.39. The Morgan fingerprint density at radius 3 is 2.86 bits per heavy atom. The average molecular weight is 190 g/mol. The van der Waals surface area contributed by atoms with E-state index >= 15 is 0 Å². The molecule has 1 aliphatic carbocycles. The Morgan fingerprint density at radius 1 is 1.50 bits per heavy atom. The minimum Gasteiger partial charge on any atom is -0.497 e. The average Bonchev–Trinajstić information content (AvgIpc) is 3.04.